The molecular formula is C9H16N2O3. The first-order valence-electron chi connectivity index (χ1n) is 4.62. The van der Waals surface area contributed by atoms with E-state index in [1.807, 2.05) is 13.8 Å². The Morgan fingerprint density at radius 2 is 2.07 bits per heavy atom. The van der Waals surface area contributed by atoms with E-state index in [2.05, 4.69) is 0 Å². The second kappa shape index (κ2) is 3.48. The quantitative estimate of drug-likeness (QED) is 0.651. The van der Waals surface area contributed by atoms with Crippen molar-refractivity contribution in [1.82, 2.24) is 4.90 Å². The third-order valence-corrected chi connectivity index (χ3v) is 2.64. The van der Waals surface area contributed by atoms with Crippen LogP contribution in [0.4, 0.5) is 4.79 Å². The van der Waals surface area contributed by atoms with Gasteiger partial charge in [0.25, 0.3) is 0 Å². The van der Waals surface area contributed by atoms with Crippen molar-refractivity contribution in [1.29, 1.82) is 0 Å². The van der Waals surface area contributed by atoms with Crippen LogP contribution in [-0.4, -0.2) is 34.6 Å². The summed E-state index contributed by atoms with van der Waals surface area (Å²) in [6.07, 6.45) is 0.278. The van der Waals surface area contributed by atoms with Crippen LogP contribution in [0.2, 0.25) is 0 Å². The molecule has 0 aromatic rings. The number of nitrogens with two attached hydrogens (primary N) is 1. The first-order chi connectivity index (χ1) is 6.33. The Labute approximate surface area is 82.9 Å². The zero-order valence-electron chi connectivity index (χ0n) is 8.49. The lowest BCUT2D eigenvalue weighted by Gasteiger charge is -2.40. The first kappa shape index (κ1) is 10.8. The van der Waals surface area contributed by atoms with Gasteiger partial charge < -0.3 is 10.8 Å². The number of rotatable bonds is 1. The van der Waals surface area contributed by atoms with Gasteiger partial charge in [-0.3, -0.25) is 9.69 Å². The Morgan fingerprint density at radius 1 is 1.50 bits per heavy atom. The molecule has 1 unspecified atom stereocenters. The fourth-order valence-corrected chi connectivity index (χ4v) is 1.83. The topological polar surface area (TPSA) is 83.6 Å². The van der Waals surface area contributed by atoms with E-state index in [1.165, 1.54) is 0 Å². The molecule has 0 spiro atoms. The normalized spacial score (nSPS) is 25.9. The molecule has 2 amide bonds. The van der Waals surface area contributed by atoms with Crippen molar-refractivity contribution in [3.05, 3.63) is 0 Å². The van der Waals surface area contributed by atoms with Crippen molar-refractivity contribution >= 4 is 12.0 Å². The predicted octanol–water partition coefficient (Wildman–Crippen LogP) is 0.640. The molecule has 0 saturated carbocycles. The highest BCUT2D eigenvalue weighted by molar-refractivity contribution is 5.84. The van der Waals surface area contributed by atoms with Crippen LogP contribution in [0.1, 0.15) is 26.7 Å². The molecule has 1 fully saturated rings. The van der Waals surface area contributed by atoms with E-state index in [9.17, 15) is 9.59 Å². The van der Waals surface area contributed by atoms with Crippen LogP contribution in [0.5, 0.6) is 0 Å². The summed E-state index contributed by atoms with van der Waals surface area (Å²) in [5.74, 6) is -0.553. The van der Waals surface area contributed by atoms with E-state index in [4.69, 9.17) is 10.8 Å². The zero-order chi connectivity index (χ0) is 10.9. The van der Waals surface area contributed by atoms with Crippen LogP contribution in [0.25, 0.3) is 0 Å². The summed E-state index contributed by atoms with van der Waals surface area (Å²) in [5.41, 5.74) is 5.07. The Morgan fingerprint density at radius 3 is 2.50 bits per heavy atom. The van der Waals surface area contributed by atoms with Crippen LogP contribution >= 0.6 is 0 Å². The molecule has 0 aromatic heterocycles. The minimum atomic E-state index is -1.07. The smallest absolute Gasteiger partial charge is 0.407 e. The largest absolute Gasteiger partial charge is 0.465 e. The molecule has 1 aliphatic heterocycles. The number of piperidine rings is 1. The van der Waals surface area contributed by atoms with Gasteiger partial charge >= 0.3 is 6.09 Å². The van der Waals surface area contributed by atoms with Crippen molar-refractivity contribution < 1.29 is 14.7 Å². The fraction of sp³-hybridized carbons (Fsp3) is 0.778. The Kier molecular flexibility index (Phi) is 2.69. The van der Waals surface area contributed by atoms with Gasteiger partial charge in [-0.25, -0.2) is 4.79 Å². The molecular weight excluding hydrogens is 184 g/mol. The number of amides is 2. The number of hydrogen-bond donors (Lipinski definition) is 2. The van der Waals surface area contributed by atoms with Crippen molar-refractivity contribution in [2.75, 3.05) is 6.54 Å². The summed E-state index contributed by atoms with van der Waals surface area (Å²) in [5, 5.41) is 8.91. The minimum Gasteiger partial charge on any atom is -0.465 e. The van der Waals surface area contributed by atoms with Gasteiger partial charge in [0.1, 0.15) is 6.04 Å². The van der Waals surface area contributed by atoms with Gasteiger partial charge in [-0.1, -0.05) is 13.8 Å². The average molecular weight is 200 g/mol. The standard InChI is InChI=1S/C9H16N2O3/c1-9(2)4-3-6(7(10)12)11(5-9)8(13)14/h6H,3-5H2,1-2H3,(H2,10,12)(H,13,14). The van der Waals surface area contributed by atoms with Crippen molar-refractivity contribution in [3.63, 3.8) is 0 Å². The van der Waals surface area contributed by atoms with Crippen LogP contribution in [0, 0.1) is 5.41 Å². The van der Waals surface area contributed by atoms with E-state index in [1.54, 1.807) is 0 Å². The van der Waals surface area contributed by atoms with E-state index < -0.39 is 18.0 Å². The molecule has 0 radical (unpaired) electrons. The van der Waals surface area contributed by atoms with Crippen LogP contribution in [-0.2, 0) is 4.79 Å². The number of hydrogen-bond acceptors (Lipinski definition) is 2. The summed E-state index contributed by atoms with van der Waals surface area (Å²) in [4.78, 5) is 23.0. The van der Waals surface area contributed by atoms with Crippen molar-refractivity contribution in [2.24, 2.45) is 11.1 Å². The third kappa shape index (κ3) is 2.16. The molecule has 1 heterocycles. The third-order valence-electron chi connectivity index (χ3n) is 2.64. The summed E-state index contributed by atoms with van der Waals surface area (Å²) < 4.78 is 0. The van der Waals surface area contributed by atoms with E-state index in [0.717, 1.165) is 11.3 Å². The van der Waals surface area contributed by atoms with Crippen LogP contribution in [0.3, 0.4) is 0 Å². The molecule has 0 aliphatic carbocycles. The molecule has 5 heteroatoms. The van der Waals surface area contributed by atoms with Gasteiger partial charge in [0.2, 0.25) is 5.91 Å². The molecule has 80 valence electrons. The van der Waals surface area contributed by atoms with Gasteiger partial charge in [0.15, 0.2) is 0 Å². The van der Waals surface area contributed by atoms with Gasteiger partial charge in [-0.15, -0.1) is 0 Å². The monoisotopic (exact) mass is 200 g/mol. The lowest BCUT2D eigenvalue weighted by molar-refractivity contribution is -0.124. The molecule has 0 aromatic carbocycles. The zero-order valence-corrected chi connectivity index (χ0v) is 8.49. The van der Waals surface area contributed by atoms with Gasteiger partial charge in [-0.05, 0) is 18.3 Å². The predicted molar refractivity (Wildman–Crippen MR) is 50.7 cm³/mol. The molecule has 1 saturated heterocycles. The highest BCUT2D eigenvalue weighted by atomic mass is 16.4. The number of nitrogens with zero attached hydrogens (tertiary/aromatic N) is 1. The molecule has 1 atom stereocenters. The first-order valence-corrected chi connectivity index (χ1v) is 4.62. The highest BCUT2D eigenvalue weighted by Crippen LogP contribution is 2.31. The SMILES string of the molecule is CC1(C)CCC(C(N)=O)N(C(=O)O)C1. The maximum Gasteiger partial charge on any atom is 0.407 e. The average Bonchev–Trinajstić information content (AvgIpc) is 2.01. The number of carbonyl (C=O) groups is 2. The number of carbonyl (C=O) groups excluding carboxylic acids is 1. The summed E-state index contributed by atoms with van der Waals surface area (Å²) in [6, 6.07) is -0.652. The van der Waals surface area contributed by atoms with Gasteiger partial charge in [-0.2, -0.15) is 0 Å². The highest BCUT2D eigenvalue weighted by Gasteiger charge is 2.38. The second-order valence-electron chi connectivity index (χ2n) is 4.53. The van der Waals surface area contributed by atoms with Gasteiger partial charge in [0.05, 0.1) is 0 Å². The maximum absolute atomic E-state index is 11.0. The van der Waals surface area contributed by atoms with Crippen LogP contribution in [0.15, 0.2) is 0 Å². The summed E-state index contributed by atoms with van der Waals surface area (Å²) in [6.45, 7) is 4.34. The summed E-state index contributed by atoms with van der Waals surface area (Å²) in [7, 11) is 0. The number of carboxylic acid groups (broad SMARTS) is 1. The summed E-state index contributed by atoms with van der Waals surface area (Å²) >= 11 is 0. The van der Waals surface area contributed by atoms with Gasteiger partial charge in [0, 0.05) is 6.54 Å². The fourth-order valence-electron chi connectivity index (χ4n) is 1.83. The number of primary amides is 1. The molecule has 0 bridgehead atoms. The minimum absolute atomic E-state index is 0.0651. The molecule has 3 N–H and O–H groups in total. The van der Waals surface area contributed by atoms with E-state index >= 15 is 0 Å². The lowest BCUT2D eigenvalue weighted by atomic mass is 9.81. The molecule has 14 heavy (non-hydrogen) atoms. The second-order valence-corrected chi connectivity index (χ2v) is 4.53. The number of likely N-dealkylation sites (tertiary alicyclic amines) is 1. The molecule has 5 nitrogen and oxygen atoms in total. The van der Waals surface area contributed by atoms with E-state index in [0.29, 0.717) is 13.0 Å². The Balaban J connectivity index is 2.81. The maximum atomic E-state index is 11.0. The molecule has 1 rings (SSSR count). The van der Waals surface area contributed by atoms with Crippen LogP contribution < -0.4 is 5.73 Å². The van der Waals surface area contributed by atoms with Crippen molar-refractivity contribution in [3.8, 4) is 0 Å². The van der Waals surface area contributed by atoms with Crippen molar-refractivity contribution in [2.45, 2.75) is 32.7 Å². The van der Waals surface area contributed by atoms with E-state index in [-0.39, 0.29) is 5.41 Å². The Hall–Kier alpha value is -1.26. The molecule has 1 aliphatic rings. The lowest BCUT2D eigenvalue weighted by Crippen LogP contribution is -2.54. The Bertz CT molecular complexity index is 263.